The first-order valence-electron chi connectivity index (χ1n) is 5.52. The number of oxime groups is 1. The zero-order chi connectivity index (χ0) is 13.8. The molecule has 1 aromatic rings. The predicted octanol–water partition coefficient (Wildman–Crippen LogP) is 0.430. The van der Waals surface area contributed by atoms with Crippen molar-refractivity contribution in [3.8, 4) is 0 Å². The highest BCUT2D eigenvalue weighted by Gasteiger charge is 2.30. The van der Waals surface area contributed by atoms with Crippen LogP contribution in [0.4, 0.5) is 0 Å². The quantitative estimate of drug-likeness (QED) is 0.311. The number of aryl methyl sites for hydroxylation is 1. The van der Waals surface area contributed by atoms with Crippen LogP contribution in [-0.2, 0) is 0 Å². The molecule has 1 rings (SSSR count). The van der Waals surface area contributed by atoms with Crippen molar-refractivity contribution >= 4 is 11.7 Å². The van der Waals surface area contributed by atoms with Gasteiger partial charge in [0.05, 0.1) is 17.4 Å². The van der Waals surface area contributed by atoms with Crippen LogP contribution in [0.25, 0.3) is 0 Å². The second-order valence-electron chi connectivity index (χ2n) is 4.17. The number of hydrogen-bond acceptors (Lipinski definition) is 5. The van der Waals surface area contributed by atoms with Gasteiger partial charge in [0.15, 0.2) is 5.84 Å². The van der Waals surface area contributed by atoms with Gasteiger partial charge in [0.25, 0.3) is 5.91 Å². The number of nitrogens with zero attached hydrogens (tertiary/aromatic N) is 3. The van der Waals surface area contributed by atoms with Gasteiger partial charge in [-0.3, -0.25) is 9.78 Å². The molecule has 18 heavy (non-hydrogen) atoms. The van der Waals surface area contributed by atoms with E-state index in [0.29, 0.717) is 6.42 Å². The molecule has 0 aliphatic heterocycles. The third kappa shape index (κ3) is 2.93. The van der Waals surface area contributed by atoms with Crippen LogP contribution in [0.1, 0.15) is 36.5 Å². The Kier molecular flexibility index (Phi) is 4.19. The van der Waals surface area contributed by atoms with Crippen LogP contribution in [-0.4, -0.2) is 32.5 Å². The number of nitrogens with two attached hydrogens (primary N) is 1. The van der Waals surface area contributed by atoms with Crippen molar-refractivity contribution in [1.29, 1.82) is 0 Å². The standard InChI is InChI=1S/C11H17N5O2/c1-4-11(3,10(12)16-18)15-9(17)8-6-13-7(2)5-14-8/h5-6,18H,4H2,1-3H3,(H2,12,16)(H,15,17). The summed E-state index contributed by atoms with van der Waals surface area (Å²) in [4.78, 5) is 19.9. The maximum Gasteiger partial charge on any atom is 0.272 e. The van der Waals surface area contributed by atoms with Gasteiger partial charge in [-0.15, -0.1) is 0 Å². The van der Waals surface area contributed by atoms with E-state index in [0.717, 1.165) is 5.69 Å². The summed E-state index contributed by atoms with van der Waals surface area (Å²) in [7, 11) is 0. The third-order valence-electron chi connectivity index (χ3n) is 2.78. The second kappa shape index (κ2) is 5.44. The number of amidine groups is 1. The van der Waals surface area contributed by atoms with Crippen LogP contribution in [0.3, 0.4) is 0 Å². The summed E-state index contributed by atoms with van der Waals surface area (Å²) in [6.07, 6.45) is 3.36. The molecule has 1 heterocycles. The molecule has 0 fully saturated rings. The minimum atomic E-state index is -0.918. The molecular weight excluding hydrogens is 234 g/mol. The molecule has 0 aliphatic rings. The highest BCUT2D eigenvalue weighted by atomic mass is 16.4. The number of nitrogens with one attached hydrogen (secondary N) is 1. The summed E-state index contributed by atoms with van der Waals surface area (Å²) < 4.78 is 0. The third-order valence-corrected chi connectivity index (χ3v) is 2.78. The summed E-state index contributed by atoms with van der Waals surface area (Å²) in [5.74, 6) is -0.475. The Bertz CT molecular complexity index is 457. The SMILES string of the molecule is CCC(C)(NC(=O)c1cnc(C)cn1)/C(N)=N/O. The highest BCUT2D eigenvalue weighted by molar-refractivity contribution is 5.98. The van der Waals surface area contributed by atoms with Gasteiger partial charge in [0, 0.05) is 6.20 Å². The van der Waals surface area contributed by atoms with Crippen molar-refractivity contribution in [3.05, 3.63) is 23.8 Å². The average Bonchev–Trinajstić information content (AvgIpc) is 2.38. The van der Waals surface area contributed by atoms with E-state index >= 15 is 0 Å². The van der Waals surface area contributed by atoms with Crippen molar-refractivity contribution in [3.63, 3.8) is 0 Å². The largest absolute Gasteiger partial charge is 0.409 e. The number of carbonyl (C=O) groups is 1. The van der Waals surface area contributed by atoms with Crippen molar-refractivity contribution in [1.82, 2.24) is 15.3 Å². The maximum absolute atomic E-state index is 11.9. The lowest BCUT2D eigenvalue weighted by Crippen LogP contribution is -2.55. The fraction of sp³-hybridized carbons (Fsp3) is 0.455. The minimum Gasteiger partial charge on any atom is -0.409 e. The number of aromatic nitrogens is 2. The van der Waals surface area contributed by atoms with Crippen LogP contribution in [0.5, 0.6) is 0 Å². The van der Waals surface area contributed by atoms with E-state index in [1.165, 1.54) is 12.4 Å². The van der Waals surface area contributed by atoms with Crippen molar-refractivity contribution in [2.24, 2.45) is 10.9 Å². The molecule has 0 saturated heterocycles. The molecule has 0 bridgehead atoms. The van der Waals surface area contributed by atoms with Gasteiger partial charge in [-0.2, -0.15) is 0 Å². The van der Waals surface area contributed by atoms with Crippen LogP contribution < -0.4 is 11.1 Å². The lowest BCUT2D eigenvalue weighted by molar-refractivity contribution is 0.0919. The zero-order valence-corrected chi connectivity index (χ0v) is 10.6. The Labute approximate surface area is 105 Å². The van der Waals surface area contributed by atoms with Crippen LogP contribution in [0.2, 0.25) is 0 Å². The monoisotopic (exact) mass is 251 g/mol. The molecule has 0 aliphatic carbocycles. The zero-order valence-electron chi connectivity index (χ0n) is 10.6. The van der Waals surface area contributed by atoms with Gasteiger partial charge in [-0.1, -0.05) is 12.1 Å². The van der Waals surface area contributed by atoms with Gasteiger partial charge in [0.1, 0.15) is 5.69 Å². The molecule has 0 radical (unpaired) electrons. The van der Waals surface area contributed by atoms with E-state index in [9.17, 15) is 4.79 Å². The van der Waals surface area contributed by atoms with Crippen molar-refractivity contribution in [2.45, 2.75) is 32.7 Å². The first kappa shape index (κ1) is 13.9. The van der Waals surface area contributed by atoms with E-state index in [1.807, 2.05) is 6.92 Å². The molecule has 1 unspecified atom stereocenters. The van der Waals surface area contributed by atoms with Crippen LogP contribution in [0.15, 0.2) is 17.5 Å². The number of hydrogen-bond donors (Lipinski definition) is 3. The Hall–Kier alpha value is -2.18. The first-order chi connectivity index (χ1) is 8.42. The average molecular weight is 251 g/mol. The Morgan fingerprint density at radius 1 is 1.56 bits per heavy atom. The summed E-state index contributed by atoms with van der Waals surface area (Å²) in [5.41, 5.74) is 5.55. The normalized spacial score (nSPS) is 14.9. The van der Waals surface area contributed by atoms with Gasteiger partial charge in [-0.25, -0.2) is 4.98 Å². The van der Waals surface area contributed by atoms with E-state index in [-0.39, 0.29) is 11.5 Å². The lowest BCUT2D eigenvalue weighted by Gasteiger charge is -2.27. The molecule has 7 heteroatoms. The molecule has 1 aromatic heterocycles. The fourth-order valence-electron chi connectivity index (χ4n) is 1.27. The smallest absolute Gasteiger partial charge is 0.272 e. The fourth-order valence-corrected chi connectivity index (χ4v) is 1.27. The van der Waals surface area contributed by atoms with Gasteiger partial charge < -0.3 is 16.3 Å². The first-order valence-corrected chi connectivity index (χ1v) is 5.52. The van der Waals surface area contributed by atoms with E-state index in [1.54, 1.807) is 13.8 Å². The molecule has 0 saturated carbocycles. The number of amides is 1. The van der Waals surface area contributed by atoms with Gasteiger partial charge in [0.2, 0.25) is 0 Å². The summed E-state index contributed by atoms with van der Waals surface area (Å²) >= 11 is 0. The van der Waals surface area contributed by atoms with Crippen LogP contribution in [0, 0.1) is 6.92 Å². The predicted molar refractivity (Wildman–Crippen MR) is 66.3 cm³/mol. The molecule has 98 valence electrons. The van der Waals surface area contributed by atoms with Crippen LogP contribution >= 0.6 is 0 Å². The number of rotatable bonds is 4. The van der Waals surface area contributed by atoms with Crippen molar-refractivity contribution in [2.75, 3.05) is 0 Å². The maximum atomic E-state index is 11.9. The molecule has 1 atom stereocenters. The van der Waals surface area contributed by atoms with E-state index in [2.05, 4.69) is 20.4 Å². The van der Waals surface area contributed by atoms with E-state index < -0.39 is 11.4 Å². The Balaban J connectivity index is 2.89. The van der Waals surface area contributed by atoms with E-state index in [4.69, 9.17) is 10.9 Å². The lowest BCUT2D eigenvalue weighted by atomic mass is 9.97. The topological polar surface area (TPSA) is 113 Å². The minimum absolute atomic E-state index is 0.0570. The molecule has 4 N–H and O–H groups in total. The second-order valence-corrected chi connectivity index (χ2v) is 4.17. The summed E-state index contributed by atoms with van der Waals surface area (Å²) in [5, 5.41) is 14.3. The number of carbonyl (C=O) groups excluding carboxylic acids is 1. The summed E-state index contributed by atoms with van der Waals surface area (Å²) in [6, 6.07) is 0. The Morgan fingerprint density at radius 3 is 2.67 bits per heavy atom. The molecule has 1 amide bonds. The van der Waals surface area contributed by atoms with Crippen molar-refractivity contribution < 1.29 is 10.0 Å². The molecular formula is C11H17N5O2. The van der Waals surface area contributed by atoms with Gasteiger partial charge in [-0.05, 0) is 20.3 Å². The molecule has 0 aromatic carbocycles. The Morgan fingerprint density at radius 2 is 2.22 bits per heavy atom. The molecule has 7 nitrogen and oxygen atoms in total. The summed E-state index contributed by atoms with van der Waals surface area (Å²) in [6.45, 7) is 5.27. The van der Waals surface area contributed by atoms with Gasteiger partial charge >= 0.3 is 0 Å². The highest BCUT2D eigenvalue weighted by Crippen LogP contribution is 2.10. The molecule has 0 spiro atoms.